The number of morpholine rings is 1. The summed E-state index contributed by atoms with van der Waals surface area (Å²) in [6.45, 7) is 7.38. The lowest BCUT2D eigenvalue weighted by atomic mass is 10.1. The maximum absolute atomic E-state index is 5.81. The van der Waals surface area contributed by atoms with Crippen LogP contribution in [0.1, 0.15) is 31.9 Å². The number of aromatic nitrogens is 2. The van der Waals surface area contributed by atoms with Crippen LogP contribution in [-0.2, 0) is 11.8 Å². The van der Waals surface area contributed by atoms with Crippen LogP contribution in [0, 0.1) is 0 Å². The normalized spacial score (nSPS) is 24.6. The number of hydrogen-bond acceptors (Lipinski definition) is 3. The second-order valence-electron chi connectivity index (χ2n) is 4.56. The molecule has 1 aromatic heterocycles. The van der Waals surface area contributed by atoms with E-state index in [0.717, 1.165) is 19.7 Å². The Kier molecular flexibility index (Phi) is 3.61. The van der Waals surface area contributed by atoms with Gasteiger partial charge in [-0.1, -0.05) is 6.92 Å². The van der Waals surface area contributed by atoms with E-state index in [2.05, 4.69) is 23.8 Å². The van der Waals surface area contributed by atoms with E-state index in [1.165, 1.54) is 12.0 Å². The summed E-state index contributed by atoms with van der Waals surface area (Å²) in [5.74, 6) is 0. The first kappa shape index (κ1) is 11.6. The van der Waals surface area contributed by atoms with Crippen molar-refractivity contribution in [1.82, 2.24) is 14.7 Å². The van der Waals surface area contributed by atoms with E-state index in [4.69, 9.17) is 4.74 Å². The average molecular weight is 223 g/mol. The summed E-state index contributed by atoms with van der Waals surface area (Å²) in [4.78, 5) is 2.50. The molecule has 2 heterocycles. The number of rotatable bonds is 3. The second kappa shape index (κ2) is 4.97. The highest BCUT2D eigenvalue weighted by Crippen LogP contribution is 2.23. The van der Waals surface area contributed by atoms with Gasteiger partial charge in [0, 0.05) is 37.9 Å². The van der Waals surface area contributed by atoms with Crippen LogP contribution in [0.25, 0.3) is 0 Å². The zero-order chi connectivity index (χ0) is 11.5. The summed E-state index contributed by atoms with van der Waals surface area (Å²) in [5, 5.41) is 4.20. The van der Waals surface area contributed by atoms with Gasteiger partial charge in [0.25, 0.3) is 0 Å². The van der Waals surface area contributed by atoms with Gasteiger partial charge in [-0.25, -0.2) is 0 Å². The largest absolute Gasteiger partial charge is 0.371 e. The van der Waals surface area contributed by atoms with Gasteiger partial charge in [0.05, 0.1) is 18.9 Å². The van der Waals surface area contributed by atoms with Gasteiger partial charge in [-0.05, 0) is 13.3 Å². The van der Waals surface area contributed by atoms with Gasteiger partial charge < -0.3 is 4.74 Å². The summed E-state index contributed by atoms with van der Waals surface area (Å²) in [6.07, 6.45) is 5.34. The topological polar surface area (TPSA) is 30.3 Å². The van der Waals surface area contributed by atoms with E-state index >= 15 is 0 Å². The van der Waals surface area contributed by atoms with Gasteiger partial charge in [0.2, 0.25) is 0 Å². The van der Waals surface area contributed by atoms with Crippen molar-refractivity contribution in [2.24, 2.45) is 7.05 Å². The second-order valence-corrected chi connectivity index (χ2v) is 4.56. The minimum atomic E-state index is 0.191. The zero-order valence-corrected chi connectivity index (χ0v) is 10.4. The Morgan fingerprint density at radius 2 is 2.44 bits per heavy atom. The van der Waals surface area contributed by atoms with Crippen molar-refractivity contribution in [2.75, 3.05) is 19.7 Å². The first-order chi connectivity index (χ1) is 7.70. The number of ether oxygens (including phenoxy) is 1. The molecule has 0 spiro atoms. The van der Waals surface area contributed by atoms with Gasteiger partial charge in [0.15, 0.2) is 0 Å². The lowest BCUT2D eigenvalue weighted by Gasteiger charge is -2.36. The number of nitrogens with zero attached hydrogens (tertiary/aromatic N) is 3. The maximum Gasteiger partial charge on any atom is 0.0982 e. The zero-order valence-electron chi connectivity index (χ0n) is 10.4. The van der Waals surface area contributed by atoms with Crippen LogP contribution < -0.4 is 0 Å². The van der Waals surface area contributed by atoms with Crippen LogP contribution in [0.15, 0.2) is 12.4 Å². The van der Waals surface area contributed by atoms with Crippen LogP contribution in [0.3, 0.4) is 0 Å². The van der Waals surface area contributed by atoms with Gasteiger partial charge in [-0.3, -0.25) is 9.58 Å². The number of aryl methyl sites for hydroxylation is 1. The highest BCUT2D eigenvalue weighted by Gasteiger charge is 2.25. The Hall–Kier alpha value is -0.870. The van der Waals surface area contributed by atoms with E-state index in [1.807, 2.05) is 24.1 Å². The van der Waals surface area contributed by atoms with Crippen molar-refractivity contribution < 1.29 is 4.74 Å². The van der Waals surface area contributed by atoms with Crippen molar-refractivity contribution in [3.05, 3.63) is 18.0 Å². The fraction of sp³-hybridized carbons (Fsp3) is 0.750. The molecule has 1 fully saturated rings. The van der Waals surface area contributed by atoms with E-state index in [1.54, 1.807) is 0 Å². The smallest absolute Gasteiger partial charge is 0.0982 e. The summed E-state index contributed by atoms with van der Waals surface area (Å²) in [5.41, 5.74) is 1.19. The SMILES string of the molecule is CCC(C)N1CCOC(c2cnn(C)c2)C1. The van der Waals surface area contributed by atoms with E-state index in [-0.39, 0.29) is 6.10 Å². The lowest BCUT2D eigenvalue weighted by Crippen LogP contribution is -2.43. The van der Waals surface area contributed by atoms with E-state index in [0.29, 0.717) is 6.04 Å². The maximum atomic E-state index is 5.81. The molecule has 1 aromatic rings. The first-order valence-corrected chi connectivity index (χ1v) is 6.05. The molecule has 1 aliphatic heterocycles. The average Bonchev–Trinajstić information content (AvgIpc) is 2.75. The van der Waals surface area contributed by atoms with Crippen LogP contribution in [-0.4, -0.2) is 40.4 Å². The molecule has 2 atom stereocenters. The molecule has 0 saturated carbocycles. The first-order valence-electron chi connectivity index (χ1n) is 6.05. The van der Waals surface area contributed by atoms with E-state index in [9.17, 15) is 0 Å². The fourth-order valence-corrected chi connectivity index (χ4v) is 2.14. The molecule has 16 heavy (non-hydrogen) atoms. The van der Waals surface area contributed by atoms with Gasteiger partial charge >= 0.3 is 0 Å². The molecule has 2 rings (SSSR count). The lowest BCUT2D eigenvalue weighted by molar-refractivity contribution is -0.0430. The molecule has 0 aliphatic carbocycles. The predicted octanol–water partition coefficient (Wildman–Crippen LogP) is 1.59. The van der Waals surface area contributed by atoms with Crippen LogP contribution in [0.2, 0.25) is 0 Å². The van der Waals surface area contributed by atoms with Crippen LogP contribution >= 0.6 is 0 Å². The van der Waals surface area contributed by atoms with Crippen molar-refractivity contribution in [3.63, 3.8) is 0 Å². The van der Waals surface area contributed by atoms with Crippen molar-refractivity contribution >= 4 is 0 Å². The summed E-state index contributed by atoms with van der Waals surface area (Å²) in [7, 11) is 1.94. The summed E-state index contributed by atoms with van der Waals surface area (Å²) < 4.78 is 7.64. The molecule has 4 heteroatoms. The predicted molar refractivity (Wildman–Crippen MR) is 63.2 cm³/mol. The molecular weight excluding hydrogens is 202 g/mol. The summed E-state index contributed by atoms with van der Waals surface area (Å²) >= 11 is 0. The molecule has 0 bridgehead atoms. The Morgan fingerprint density at radius 1 is 1.62 bits per heavy atom. The molecule has 1 saturated heterocycles. The fourth-order valence-electron chi connectivity index (χ4n) is 2.14. The molecule has 0 radical (unpaired) electrons. The van der Waals surface area contributed by atoms with Crippen LogP contribution in [0.4, 0.5) is 0 Å². The molecule has 1 aliphatic rings. The Bertz CT molecular complexity index is 337. The Balaban J connectivity index is 2.01. The molecule has 0 amide bonds. The standard InChI is InChI=1S/C12H21N3O/c1-4-10(2)15-5-6-16-12(9-15)11-7-13-14(3)8-11/h7-8,10,12H,4-6,9H2,1-3H3. The highest BCUT2D eigenvalue weighted by molar-refractivity contribution is 5.09. The van der Waals surface area contributed by atoms with E-state index < -0.39 is 0 Å². The molecule has 0 aromatic carbocycles. The Morgan fingerprint density at radius 3 is 3.06 bits per heavy atom. The van der Waals surface area contributed by atoms with Gasteiger partial charge in [-0.15, -0.1) is 0 Å². The molecule has 0 N–H and O–H groups in total. The van der Waals surface area contributed by atoms with Gasteiger partial charge in [-0.2, -0.15) is 5.10 Å². The third kappa shape index (κ3) is 2.44. The van der Waals surface area contributed by atoms with Crippen LogP contribution in [0.5, 0.6) is 0 Å². The van der Waals surface area contributed by atoms with Crippen molar-refractivity contribution in [2.45, 2.75) is 32.4 Å². The third-order valence-corrected chi connectivity index (χ3v) is 3.41. The monoisotopic (exact) mass is 223 g/mol. The minimum absolute atomic E-state index is 0.191. The molecular formula is C12H21N3O. The summed E-state index contributed by atoms with van der Waals surface area (Å²) in [6, 6.07) is 0.642. The highest BCUT2D eigenvalue weighted by atomic mass is 16.5. The quantitative estimate of drug-likeness (QED) is 0.779. The Labute approximate surface area is 97.2 Å². The molecule has 90 valence electrons. The number of hydrogen-bond donors (Lipinski definition) is 0. The third-order valence-electron chi connectivity index (χ3n) is 3.41. The minimum Gasteiger partial charge on any atom is -0.371 e. The molecule has 4 nitrogen and oxygen atoms in total. The van der Waals surface area contributed by atoms with Crippen molar-refractivity contribution in [3.8, 4) is 0 Å². The van der Waals surface area contributed by atoms with Crippen molar-refractivity contribution in [1.29, 1.82) is 0 Å². The molecule has 2 unspecified atom stereocenters. The van der Waals surface area contributed by atoms with Gasteiger partial charge in [0.1, 0.15) is 0 Å².